The Balaban J connectivity index is 2.83. The van der Waals surface area contributed by atoms with Crippen molar-refractivity contribution >= 4 is 21.4 Å². The molecule has 0 saturated carbocycles. The molecule has 2 N–H and O–H groups in total. The van der Waals surface area contributed by atoms with Gasteiger partial charge in [-0.15, -0.1) is 0 Å². The lowest BCUT2D eigenvalue weighted by atomic mass is 10.2. The highest BCUT2D eigenvalue weighted by atomic mass is 35.5. The summed E-state index contributed by atoms with van der Waals surface area (Å²) in [5, 5.41) is 0.133. The number of sulfone groups is 1. The quantitative estimate of drug-likeness (QED) is 0.897. The topological polar surface area (TPSA) is 60.2 Å². The summed E-state index contributed by atoms with van der Waals surface area (Å²) in [5.74, 6) is -0.751. The van der Waals surface area contributed by atoms with Crippen LogP contribution in [-0.4, -0.2) is 20.7 Å². The fourth-order valence-electron chi connectivity index (χ4n) is 1.44. The smallest absolute Gasteiger partial charge is 0.154 e. The lowest BCUT2D eigenvalue weighted by Crippen LogP contribution is -2.22. The van der Waals surface area contributed by atoms with Crippen LogP contribution < -0.4 is 5.73 Å². The normalized spacial score (nSPS) is 13.6. The van der Waals surface area contributed by atoms with E-state index in [0.29, 0.717) is 12.1 Å². The minimum Gasteiger partial charge on any atom is -0.330 e. The third-order valence-corrected chi connectivity index (χ3v) is 4.51. The van der Waals surface area contributed by atoms with Crippen LogP contribution in [0.1, 0.15) is 12.5 Å². The van der Waals surface area contributed by atoms with E-state index in [-0.39, 0.29) is 22.4 Å². The van der Waals surface area contributed by atoms with E-state index in [0.717, 1.165) is 6.07 Å². The van der Waals surface area contributed by atoms with Crippen molar-refractivity contribution in [1.29, 1.82) is 0 Å². The Morgan fingerprint density at radius 2 is 2.12 bits per heavy atom. The van der Waals surface area contributed by atoms with E-state index in [1.54, 1.807) is 6.92 Å². The van der Waals surface area contributed by atoms with Gasteiger partial charge in [0.2, 0.25) is 0 Å². The summed E-state index contributed by atoms with van der Waals surface area (Å²) in [7, 11) is -3.27. The van der Waals surface area contributed by atoms with Crippen LogP contribution in [-0.2, 0) is 15.6 Å². The molecular weight excluding hydrogens is 265 g/mol. The van der Waals surface area contributed by atoms with Crippen molar-refractivity contribution in [3.05, 3.63) is 34.6 Å². The van der Waals surface area contributed by atoms with Crippen molar-refractivity contribution in [1.82, 2.24) is 0 Å². The van der Waals surface area contributed by atoms with E-state index in [1.165, 1.54) is 12.1 Å². The van der Waals surface area contributed by atoms with Crippen molar-refractivity contribution < 1.29 is 12.8 Å². The lowest BCUT2D eigenvalue weighted by molar-refractivity contribution is 0.573. The minimum absolute atomic E-state index is 0.0111. The molecule has 1 unspecified atom stereocenters. The summed E-state index contributed by atoms with van der Waals surface area (Å²) < 4.78 is 36.4. The van der Waals surface area contributed by atoms with E-state index >= 15 is 0 Å². The van der Waals surface area contributed by atoms with Crippen molar-refractivity contribution in [2.45, 2.75) is 12.7 Å². The third-order valence-electron chi connectivity index (χ3n) is 2.33. The SMILES string of the molecule is CC(CN)CS(=O)(=O)Cc1ccc(F)cc1Cl. The van der Waals surface area contributed by atoms with Gasteiger partial charge in [-0.3, -0.25) is 0 Å². The Labute approximate surface area is 106 Å². The molecule has 1 atom stereocenters. The number of hydrogen-bond donors (Lipinski definition) is 1. The van der Waals surface area contributed by atoms with Crippen LogP contribution in [0.15, 0.2) is 18.2 Å². The molecule has 6 heteroatoms. The van der Waals surface area contributed by atoms with Crippen LogP contribution in [0.3, 0.4) is 0 Å². The summed E-state index contributed by atoms with van der Waals surface area (Å²) in [4.78, 5) is 0. The molecule has 0 aromatic heterocycles. The van der Waals surface area contributed by atoms with Gasteiger partial charge in [-0.1, -0.05) is 24.6 Å². The van der Waals surface area contributed by atoms with Gasteiger partial charge in [-0.2, -0.15) is 0 Å². The first-order chi connectivity index (χ1) is 7.84. The van der Waals surface area contributed by atoms with Gasteiger partial charge in [0, 0.05) is 5.02 Å². The highest BCUT2D eigenvalue weighted by molar-refractivity contribution is 7.90. The zero-order valence-electron chi connectivity index (χ0n) is 9.49. The molecule has 3 nitrogen and oxygen atoms in total. The average Bonchev–Trinajstić information content (AvgIpc) is 2.21. The van der Waals surface area contributed by atoms with E-state index in [9.17, 15) is 12.8 Å². The largest absolute Gasteiger partial charge is 0.330 e. The van der Waals surface area contributed by atoms with Gasteiger partial charge < -0.3 is 5.73 Å². The highest BCUT2D eigenvalue weighted by Gasteiger charge is 2.17. The first-order valence-corrected chi connectivity index (χ1v) is 7.38. The second-order valence-electron chi connectivity index (χ2n) is 4.13. The number of halogens is 2. The van der Waals surface area contributed by atoms with Crippen LogP contribution in [0.25, 0.3) is 0 Å². The Hall–Kier alpha value is -0.650. The molecule has 0 aliphatic rings. The number of benzene rings is 1. The fourth-order valence-corrected chi connectivity index (χ4v) is 3.60. The first kappa shape index (κ1) is 14.4. The van der Waals surface area contributed by atoms with Crippen molar-refractivity contribution in [2.75, 3.05) is 12.3 Å². The van der Waals surface area contributed by atoms with E-state index in [4.69, 9.17) is 17.3 Å². The van der Waals surface area contributed by atoms with Crippen LogP contribution >= 0.6 is 11.6 Å². The monoisotopic (exact) mass is 279 g/mol. The molecule has 1 rings (SSSR count). The summed E-state index contributed by atoms with van der Waals surface area (Å²) in [6.45, 7) is 2.08. The predicted molar refractivity (Wildman–Crippen MR) is 67.1 cm³/mol. The van der Waals surface area contributed by atoms with Crippen LogP contribution in [0.4, 0.5) is 4.39 Å². The van der Waals surface area contributed by atoms with Crippen molar-refractivity contribution in [2.24, 2.45) is 11.7 Å². The Kier molecular flexibility index (Phi) is 4.91. The van der Waals surface area contributed by atoms with Gasteiger partial charge in [-0.05, 0) is 30.2 Å². The lowest BCUT2D eigenvalue weighted by Gasteiger charge is -2.10. The van der Waals surface area contributed by atoms with Crippen LogP contribution in [0, 0.1) is 11.7 Å². The molecule has 0 heterocycles. The maximum Gasteiger partial charge on any atom is 0.154 e. The van der Waals surface area contributed by atoms with Gasteiger partial charge in [0.25, 0.3) is 0 Å². The molecule has 0 spiro atoms. The molecule has 0 amide bonds. The summed E-state index contributed by atoms with van der Waals surface area (Å²) in [5.41, 5.74) is 5.80. The van der Waals surface area contributed by atoms with Gasteiger partial charge in [0.1, 0.15) is 5.82 Å². The number of hydrogen-bond acceptors (Lipinski definition) is 3. The zero-order valence-corrected chi connectivity index (χ0v) is 11.1. The number of rotatable bonds is 5. The molecule has 0 aliphatic carbocycles. The molecule has 1 aromatic rings. The van der Waals surface area contributed by atoms with Crippen LogP contribution in [0.2, 0.25) is 5.02 Å². The summed E-state index contributed by atoms with van der Waals surface area (Å²) in [6, 6.07) is 3.70. The van der Waals surface area contributed by atoms with E-state index in [1.807, 2.05) is 0 Å². The van der Waals surface area contributed by atoms with Gasteiger partial charge in [-0.25, -0.2) is 12.8 Å². The Morgan fingerprint density at radius 1 is 1.47 bits per heavy atom. The average molecular weight is 280 g/mol. The second kappa shape index (κ2) is 5.80. The Morgan fingerprint density at radius 3 is 2.65 bits per heavy atom. The zero-order chi connectivity index (χ0) is 13.1. The van der Waals surface area contributed by atoms with Gasteiger partial charge in [0.15, 0.2) is 9.84 Å². The van der Waals surface area contributed by atoms with E-state index < -0.39 is 15.7 Å². The minimum atomic E-state index is -3.27. The molecule has 1 aromatic carbocycles. The predicted octanol–water partition coefficient (Wildman–Crippen LogP) is 1.99. The van der Waals surface area contributed by atoms with Crippen LogP contribution in [0.5, 0.6) is 0 Å². The maximum absolute atomic E-state index is 12.8. The Bertz CT molecular complexity index is 490. The molecule has 0 radical (unpaired) electrons. The van der Waals surface area contributed by atoms with E-state index in [2.05, 4.69) is 0 Å². The molecular formula is C11H15ClFNO2S. The molecule has 0 aliphatic heterocycles. The summed E-state index contributed by atoms with van der Waals surface area (Å²) >= 11 is 5.78. The first-order valence-electron chi connectivity index (χ1n) is 5.18. The molecule has 0 bridgehead atoms. The molecule has 17 heavy (non-hydrogen) atoms. The molecule has 0 fully saturated rings. The van der Waals surface area contributed by atoms with Crippen molar-refractivity contribution in [3.63, 3.8) is 0 Å². The highest BCUT2D eigenvalue weighted by Crippen LogP contribution is 2.20. The standard InChI is InChI=1S/C11H15ClFNO2S/c1-8(5-14)6-17(15,16)7-9-2-3-10(13)4-11(9)12/h2-4,8H,5-7,14H2,1H3. The third kappa shape index (κ3) is 4.61. The number of nitrogens with two attached hydrogens (primary N) is 1. The fraction of sp³-hybridized carbons (Fsp3) is 0.455. The van der Waals surface area contributed by atoms with Crippen molar-refractivity contribution in [3.8, 4) is 0 Å². The summed E-state index contributed by atoms with van der Waals surface area (Å²) in [6.07, 6.45) is 0. The van der Waals surface area contributed by atoms with Gasteiger partial charge in [0.05, 0.1) is 11.5 Å². The maximum atomic E-state index is 12.8. The molecule has 96 valence electrons. The molecule has 0 saturated heterocycles. The second-order valence-corrected chi connectivity index (χ2v) is 6.65. The van der Waals surface area contributed by atoms with Gasteiger partial charge >= 0.3 is 0 Å².